The summed E-state index contributed by atoms with van der Waals surface area (Å²) in [5.41, 5.74) is 0.544. The Hall–Kier alpha value is -1.88. The standard InChI is InChI=1S/C17H22N2O3/c1-22-12-15(20)18-10-5-8-17(13-18)9-11-19(16(17)21)14-6-3-2-4-7-14/h2-4,6-7H,5,8-13H2,1H3/t17-/m0/s1. The van der Waals surface area contributed by atoms with Gasteiger partial charge in [-0.2, -0.15) is 0 Å². The summed E-state index contributed by atoms with van der Waals surface area (Å²) in [5.74, 6) is 0.140. The number of likely N-dealkylation sites (tertiary alicyclic amines) is 1. The van der Waals surface area contributed by atoms with Gasteiger partial charge in [0.1, 0.15) is 6.61 Å². The van der Waals surface area contributed by atoms with E-state index in [9.17, 15) is 9.59 Å². The minimum Gasteiger partial charge on any atom is -0.375 e. The second kappa shape index (κ2) is 6.08. The number of hydrogen-bond acceptors (Lipinski definition) is 3. The van der Waals surface area contributed by atoms with Crippen molar-refractivity contribution in [2.75, 3.05) is 38.3 Å². The van der Waals surface area contributed by atoms with Crippen molar-refractivity contribution in [3.05, 3.63) is 30.3 Å². The molecule has 118 valence electrons. The topological polar surface area (TPSA) is 49.9 Å². The van der Waals surface area contributed by atoms with Gasteiger partial charge in [-0.15, -0.1) is 0 Å². The van der Waals surface area contributed by atoms with Gasteiger partial charge in [-0.3, -0.25) is 9.59 Å². The van der Waals surface area contributed by atoms with Crippen molar-refractivity contribution in [1.29, 1.82) is 0 Å². The van der Waals surface area contributed by atoms with Gasteiger partial charge in [-0.1, -0.05) is 18.2 Å². The van der Waals surface area contributed by atoms with Crippen LogP contribution in [0.2, 0.25) is 0 Å². The summed E-state index contributed by atoms with van der Waals surface area (Å²) in [6.07, 6.45) is 2.56. The number of carbonyl (C=O) groups is 2. The Balaban J connectivity index is 1.77. The average Bonchev–Trinajstić information content (AvgIpc) is 2.85. The first kappa shape index (κ1) is 15.0. The molecule has 1 aromatic carbocycles. The number of carbonyl (C=O) groups excluding carboxylic acids is 2. The number of benzene rings is 1. The maximum absolute atomic E-state index is 13.0. The highest BCUT2D eigenvalue weighted by Gasteiger charge is 2.49. The first-order valence-electron chi connectivity index (χ1n) is 7.80. The van der Waals surface area contributed by atoms with Crippen LogP contribution in [0.3, 0.4) is 0 Å². The van der Waals surface area contributed by atoms with Crippen molar-refractivity contribution in [2.24, 2.45) is 5.41 Å². The molecule has 0 bridgehead atoms. The summed E-state index contributed by atoms with van der Waals surface area (Å²) in [4.78, 5) is 28.7. The fourth-order valence-corrected chi connectivity index (χ4v) is 3.61. The van der Waals surface area contributed by atoms with Crippen molar-refractivity contribution in [1.82, 2.24) is 4.90 Å². The number of nitrogens with zero attached hydrogens (tertiary/aromatic N) is 2. The number of hydrogen-bond donors (Lipinski definition) is 0. The van der Waals surface area contributed by atoms with Crippen LogP contribution in [0.4, 0.5) is 5.69 Å². The Morgan fingerprint density at radius 1 is 1.23 bits per heavy atom. The lowest BCUT2D eigenvalue weighted by atomic mass is 9.78. The molecule has 2 saturated heterocycles. The molecule has 1 aromatic rings. The van der Waals surface area contributed by atoms with E-state index in [4.69, 9.17) is 4.74 Å². The van der Waals surface area contributed by atoms with Gasteiger partial charge in [-0.05, 0) is 31.4 Å². The Morgan fingerprint density at radius 3 is 2.73 bits per heavy atom. The molecule has 1 spiro atoms. The van der Waals surface area contributed by atoms with Crippen molar-refractivity contribution >= 4 is 17.5 Å². The molecule has 2 fully saturated rings. The highest BCUT2D eigenvalue weighted by atomic mass is 16.5. The molecule has 0 unspecified atom stereocenters. The molecule has 0 aliphatic carbocycles. The van der Waals surface area contributed by atoms with Gasteiger partial charge in [0.05, 0.1) is 5.41 Å². The average molecular weight is 302 g/mol. The van der Waals surface area contributed by atoms with E-state index in [0.29, 0.717) is 6.54 Å². The summed E-state index contributed by atoms with van der Waals surface area (Å²) in [6, 6.07) is 9.78. The van der Waals surface area contributed by atoms with E-state index >= 15 is 0 Å². The monoisotopic (exact) mass is 302 g/mol. The van der Waals surface area contributed by atoms with Crippen LogP contribution in [0.25, 0.3) is 0 Å². The van der Waals surface area contributed by atoms with Crippen LogP contribution in [0, 0.1) is 5.41 Å². The molecule has 2 aliphatic heterocycles. The van der Waals surface area contributed by atoms with Crippen LogP contribution in [0.5, 0.6) is 0 Å². The molecule has 5 nitrogen and oxygen atoms in total. The minimum atomic E-state index is -0.405. The summed E-state index contributed by atoms with van der Waals surface area (Å²) < 4.78 is 4.94. The van der Waals surface area contributed by atoms with Crippen LogP contribution in [0.1, 0.15) is 19.3 Å². The van der Waals surface area contributed by atoms with Gasteiger partial charge in [0, 0.05) is 32.4 Å². The molecule has 0 N–H and O–H groups in total. The maximum Gasteiger partial charge on any atom is 0.248 e. The van der Waals surface area contributed by atoms with E-state index < -0.39 is 5.41 Å². The number of anilines is 1. The lowest BCUT2D eigenvalue weighted by Crippen LogP contribution is -2.50. The van der Waals surface area contributed by atoms with E-state index in [1.165, 1.54) is 7.11 Å². The van der Waals surface area contributed by atoms with Gasteiger partial charge in [0.15, 0.2) is 0 Å². The van der Waals surface area contributed by atoms with Crippen molar-refractivity contribution in [3.8, 4) is 0 Å². The highest BCUT2D eigenvalue weighted by molar-refractivity contribution is 6.00. The zero-order valence-corrected chi connectivity index (χ0v) is 13.0. The van der Waals surface area contributed by atoms with Crippen LogP contribution in [-0.4, -0.2) is 50.1 Å². The second-order valence-corrected chi connectivity index (χ2v) is 6.17. The summed E-state index contributed by atoms with van der Waals surface area (Å²) >= 11 is 0. The first-order chi connectivity index (χ1) is 10.7. The number of methoxy groups -OCH3 is 1. The lowest BCUT2D eigenvalue weighted by Gasteiger charge is -2.39. The van der Waals surface area contributed by atoms with Gasteiger partial charge in [0.25, 0.3) is 0 Å². The predicted molar refractivity (Wildman–Crippen MR) is 83.5 cm³/mol. The van der Waals surface area contributed by atoms with Gasteiger partial charge in [0.2, 0.25) is 11.8 Å². The molecule has 1 atom stereocenters. The fourth-order valence-electron chi connectivity index (χ4n) is 3.61. The Bertz CT molecular complexity index is 560. The van der Waals surface area contributed by atoms with Crippen LogP contribution in [-0.2, 0) is 14.3 Å². The number of rotatable bonds is 3. The minimum absolute atomic E-state index is 0.0208. The highest BCUT2D eigenvalue weighted by Crippen LogP contribution is 2.41. The number of ether oxygens (including phenoxy) is 1. The van der Waals surface area contributed by atoms with E-state index in [2.05, 4.69) is 0 Å². The molecule has 0 radical (unpaired) electrons. The third-order valence-corrected chi connectivity index (χ3v) is 4.78. The summed E-state index contributed by atoms with van der Waals surface area (Å²) in [6.45, 7) is 2.07. The van der Waals surface area contributed by atoms with Crippen molar-refractivity contribution in [2.45, 2.75) is 19.3 Å². The van der Waals surface area contributed by atoms with E-state index in [0.717, 1.165) is 38.0 Å². The third-order valence-electron chi connectivity index (χ3n) is 4.78. The largest absolute Gasteiger partial charge is 0.375 e. The first-order valence-corrected chi connectivity index (χ1v) is 7.80. The molecule has 0 aromatic heterocycles. The van der Waals surface area contributed by atoms with E-state index in [1.54, 1.807) is 4.90 Å². The number of para-hydroxylation sites is 1. The van der Waals surface area contributed by atoms with E-state index in [-0.39, 0.29) is 18.4 Å². The van der Waals surface area contributed by atoms with Crippen LogP contribution < -0.4 is 4.90 Å². The normalized spacial score (nSPS) is 25.0. The second-order valence-electron chi connectivity index (χ2n) is 6.17. The number of piperidine rings is 1. The molecular formula is C17H22N2O3. The summed E-state index contributed by atoms with van der Waals surface area (Å²) in [7, 11) is 1.52. The predicted octanol–water partition coefficient (Wildman–Crippen LogP) is 1.68. The van der Waals surface area contributed by atoms with Gasteiger partial charge < -0.3 is 14.5 Å². The molecular weight excluding hydrogens is 280 g/mol. The van der Waals surface area contributed by atoms with E-state index in [1.807, 2.05) is 35.2 Å². The molecule has 3 rings (SSSR count). The molecule has 22 heavy (non-hydrogen) atoms. The molecule has 2 amide bonds. The quantitative estimate of drug-likeness (QED) is 0.853. The number of amides is 2. The molecule has 2 heterocycles. The Morgan fingerprint density at radius 2 is 2.00 bits per heavy atom. The zero-order valence-electron chi connectivity index (χ0n) is 13.0. The SMILES string of the molecule is COCC(=O)N1CCC[C@]2(CCN(c3ccccc3)C2=O)C1. The fraction of sp³-hybridized carbons (Fsp3) is 0.529. The molecule has 5 heteroatoms. The lowest BCUT2D eigenvalue weighted by molar-refractivity contribution is -0.141. The Labute approximate surface area is 130 Å². The molecule has 0 saturated carbocycles. The smallest absolute Gasteiger partial charge is 0.248 e. The summed E-state index contributed by atoms with van der Waals surface area (Å²) in [5, 5.41) is 0. The maximum atomic E-state index is 13.0. The van der Waals surface area contributed by atoms with Gasteiger partial charge in [-0.25, -0.2) is 0 Å². The molecule has 2 aliphatic rings. The van der Waals surface area contributed by atoms with Crippen molar-refractivity contribution < 1.29 is 14.3 Å². The van der Waals surface area contributed by atoms with Crippen LogP contribution in [0.15, 0.2) is 30.3 Å². The third kappa shape index (κ3) is 2.61. The Kier molecular flexibility index (Phi) is 4.16. The van der Waals surface area contributed by atoms with Gasteiger partial charge >= 0.3 is 0 Å². The van der Waals surface area contributed by atoms with Crippen LogP contribution >= 0.6 is 0 Å². The van der Waals surface area contributed by atoms with Crippen molar-refractivity contribution in [3.63, 3.8) is 0 Å². The zero-order chi connectivity index (χ0) is 15.6.